The molecule has 0 saturated carbocycles. The second-order valence-corrected chi connectivity index (χ2v) is 13.1. The lowest BCUT2D eigenvalue weighted by molar-refractivity contribution is -0.125. The normalized spacial score (nSPS) is 22.9. The number of carbonyl (C=O) groups is 2. The van der Waals surface area contributed by atoms with E-state index in [0.29, 0.717) is 18.4 Å². The van der Waals surface area contributed by atoms with Crippen LogP contribution in [-0.2, 0) is 30.3 Å². The highest BCUT2D eigenvalue weighted by atomic mass is 32.2. The molecule has 1 unspecified atom stereocenters. The number of rotatable bonds is 6. The summed E-state index contributed by atoms with van der Waals surface area (Å²) >= 11 is 0. The first-order valence-corrected chi connectivity index (χ1v) is 14.6. The summed E-state index contributed by atoms with van der Waals surface area (Å²) in [5, 5.41) is 2.78. The van der Waals surface area contributed by atoms with Crippen LogP contribution in [-0.4, -0.2) is 40.5 Å². The van der Waals surface area contributed by atoms with Gasteiger partial charge in [-0.2, -0.15) is 8.42 Å². The molecule has 2 aromatic carbocycles. The Labute approximate surface area is 209 Å². The van der Waals surface area contributed by atoms with Crippen molar-refractivity contribution in [2.75, 3.05) is 16.3 Å². The maximum atomic E-state index is 14.1. The molecule has 1 aliphatic heterocycles. The number of ketones is 2. The summed E-state index contributed by atoms with van der Waals surface area (Å²) in [5.41, 5.74) is -0.689. The van der Waals surface area contributed by atoms with Crippen molar-refractivity contribution in [2.24, 2.45) is 16.2 Å². The molecule has 4 rings (SSSR count). The van der Waals surface area contributed by atoms with Crippen molar-refractivity contribution >= 4 is 48.8 Å². The number of hydrogen-bond donors (Lipinski definition) is 2. The molecule has 2 aliphatic rings. The molecule has 0 saturated heterocycles. The van der Waals surface area contributed by atoms with Gasteiger partial charge in [0.1, 0.15) is 22.5 Å². The van der Waals surface area contributed by atoms with Gasteiger partial charge >= 0.3 is 0 Å². The average molecular weight is 536 g/mol. The molecule has 2 aromatic rings. The quantitative estimate of drug-likeness (QED) is 0.540. The van der Waals surface area contributed by atoms with Gasteiger partial charge in [-0.1, -0.05) is 19.9 Å². The number of anilines is 2. The molecule has 0 amide bonds. The highest BCUT2D eigenvalue weighted by Crippen LogP contribution is 2.43. The number of nitrogens with one attached hydrogen (secondary N) is 2. The van der Waals surface area contributed by atoms with Crippen LogP contribution in [0.2, 0.25) is 0 Å². The number of amidine groups is 1. The number of sulfonamides is 2. The van der Waals surface area contributed by atoms with Crippen molar-refractivity contribution in [2.45, 2.75) is 43.9 Å². The van der Waals surface area contributed by atoms with E-state index >= 15 is 0 Å². The Morgan fingerprint density at radius 1 is 1.17 bits per heavy atom. The standard InChI is InChI=1S/C24H26FN3O6S2/c1-13(2)9-10-24(3)17-7-5-14(25)11-16(17)21(29)20(22(24)30)23-26-18-8-6-15(27-35(4,31)32)12-19(18)36(33,34)28-23/h5-8,11-13,20,27H,9-10H2,1-4H3,(H,26,28)/t20?,24-/m0/s1. The van der Waals surface area contributed by atoms with Crippen molar-refractivity contribution in [3.63, 3.8) is 0 Å². The number of hydrogen-bond acceptors (Lipinski definition) is 7. The third-order valence-corrected chi connectivity index (χ3v) is 8.39. The second kappa shape index (κ2) is 8.77. The molecule has 0 aromatic heterocycles. The molecule has 0 fully saturated rings. The van der Waals surface area contributed by atoms with Gasteiger partial charge in [0.15, 0.2) is 11.6 Å². The van der Waals surface area contributed by atoms with Crippen LogP contribution < -0.4 is 10.0 Å². The van der Waals surface area contributed by atoms with E-state index in [9.17, 15) is 30.8 Å². The van der Waals surface area contributed by atoms with E-state index < -0.39 is 48.8 Å². The number of fused-ring (bicyclic) bond motifs is 2. The molecule has 0 bridgehead atoms. The largest absolute Gasteiger partial charge is 0.341 e. The van der Waals surface area contributed by atoms with Gasteiger partial charge in [0.25, 0.3) is 10.0 Å². The Hall–Kier alpha value is -3.12. The zero-order chi connectivity index (χ0) is 26.6. The van der Waals surface area contributed by atoms with Crippen molar-refractivity contribution in [1.29, 1.82) is 0 Å². The van der Waals surface area contributed by atoms with Crippen molar-refractivity contribution in [1.82, 2.24) is 0 Å². The number of nitrogens with zero attached hydrogens (tertiary/aromatic N) is 1. The van der Waals surface area contributed by atoms with Crippen LogP contribution in [0, 0.1) is 17.7 Å². The van der Waals surface area contributed by atoms with Crippen molar-refractivity contribution in [3.8, 4) is 0 Å². The van der Waals surface area contributed by atoms with E-state index in [1.54, 1.807) is 6.92 Å². The predicted molar refractivity (Wildman–Crippen MR) is 134 cm³/mol. The Morgan fingerprint density at radius 2 is 1.86 bits per heavy atom. The van der Waals surface area contributed by atoms with Gasteiger partial charge in [-0.15, -0.1) is 4.40 Å². The average Bonchev–Trinajstić information content (AvgIpc) is 2.75. The maximum absolute atomic E-state index is 14.1. The fourth-order valence-electron chi connectivity index (χ4n) is 4.59. The third kappa shape index (κ3) is 4.66. The number of carbonyl (C=O) groups excluding carboxylic acids is 2. The van der Waals surface area contributed by atoms with E-state index in [2.05, 4.69) is 14.4 Å². The summed E-state index contributed by atoms with van der Waals surface area (Å²) in [5.74, 6) is -3.60. The first kappa shape index (κ1) is 26.0. The molecule has 2 atom stereocenters. The van der Waals surface area contributed by atoms with E-state index in [4.69, 9.17) is 0 Å². The second-order valence-electron chi connectivity index (χ2n) is 9.78. The van der Waals surface area contributed by atoms with Crippen LogP contribution in [0.1, 0.15) is 49.5 Å². The van der Waals surface area contributed by atoms with Gasteiger partial charge < -0.3 is 5.32 Å². The van der Waals surface area contributed by atoms with Gasteiger partial charge in [-0.05, 0) is 61.6 Å². The molecule has 12 heteroatoms. The monoisotopic (exact) mass is 535 g/mol. The lowest BCUT2D eigenvalue weighted by atomic mass is 9.63. The zero-order valence-corrected chi connectivity index (χ0v) is 21.8. The van der Waals surface area contributed by atoms with Crippen molar-refractivity contribution in [3.05, 3.63) is 53.3 Å². The van der Waals surface area contributed by atoms with Gasteiger partial charge in [0, 0.05) is 11.3 Å². The number of halogens is 1. The molecule has 1 heterocycles. The minimum absolute atomic E-state index is 0.00996. The van der Waals surface area contributed by atoms with Gasteiger partial charge in [0.05, 0.1) is 17.4 Å². The topological polar surface area (TPSA) is 139 Å². The van der Waals surface area contributed by atoms with Gasteiger partial charge in [-0.3, -0.25) is 14.3 Å². The Kier molecular flexibility index (Phi) is 6.32. The lowest BCUT2D eigenvalue weighted by Crippen LogP contribution is -2.51. The minimum atomic E-state index is -4.40. The molecular formula is C24H26FN3O6S2. The molecule has 2 N–H and O–H groups in total. The molecule has 0 spiro atoms. The van der Waals surface area contributed by atoms with E-state index in [-0.39, 0.29) is 33.6 Å². The fraction of sp³-hybridized carbons (Fsp3) is 0.375. The number of benzene rings is 2. The maximum Gasteiger partial charge on any atom is 0.286 e. The van der Waals surface area contributed by atoms with Crippen LogP contribution in [0.5, 0.6) is 0 Å². The highest BCUT2D eigenvalue weighted by molar-refractivity contribution is 7.92. The smallest absolute Gasteiger partial charge is 0.286 e. The van der Waals surface area contributed by atoms with Crippen LogP contribution >= 0.6 is 0 Å². The van der Waals surface area contributed by atoms with E-state index in [0.717, 1.165) is 18.4 Å². The van der Waals surface area contributed by atoms with Gasteiger partial charge in [0.2, 0.25) is 10.0 Å². The Bertz CT molecular complexity index is 1530. The Balaban J connectivity index is 1.81. The van der Waals surface area contributed by atoms with Gasteiger partial charge in [-0.25, -0.2) is 12.8 Å². The van der Waals surface area contributed by atoms with Crippen LogP contribution in [0.4, 0.5) is 15.8 Å². The summed E-state index contributed by atoms with van der Waals surface area (Å²) < 4.78 is 69.2. The van der Waals surface area contributed by atoms with Crippen LogP contribution in [0.3, 0.4) is 0 Å². The third-order valence-electron chi connectivity index (χ3n) is 6.45. The highest BCUT2D eigenvalue weighted by Gasteiger charge is 2.51. The molecule has 9 nitrogen and oxygen atoms in total. The molecule has 36 heavy (non-hydrogen) atoms. The predicted octanol–water partition coefficient (Wildman–Crippen LogP) is 3.49. The SMILES string of the molecule is CC(C)CC[C@]1(C)C(=O)C(C2=NS(=O)(=O)c3cc(NS(C)(=O)=O)ccc3N2)C(=O)c2cc(F)ccc21. The van der Waals surface area contributed by atoms with Crippen molar-refractivity contribution < 1.29 is 30.8 Å². The summed E-state index contributed by atoms with van der Waals surface area (Å²) in [6, 6.07) is 7.47. The molecular weight excluding hydrogens is 509 g/mol. The first-order valence-electron chi connectivity index (χ1n) is 11.2. The molecule has 0 radical (unpaired) electrons. The van der Waals surface area contributed by atoms with E-state index in [1.165, 1.54) is 24.3 Å². The lowest BCUT2D eigenvalue weighted by Gasteiger charge is -2.39. The molecule has 1 aliphatic carbocycles. The summed E-state index contributed by atoms with van der Waals surface area (Å²) in [7, 11) is -8.06. The Morgan fingerprint density at radius 3 is 2.50 bits per heavy atom. The number of Topliss-reactive ketones (excluding diaryl/α,β-unsaturated/α-hetero) is 2. The molecule has 192 valence electrons. The summed E-state index contributed by atoms with van der Waals surface area (Å²) in [6.45, 7) is 5.67. The fourth-order valence-corrected chi connectivity index (χ4v) is 6.33. The van der Waals surface area contributed by atoms with Crippen LogP contribution in [0.15, 0.2) is 45.7 Å². The summed E-state index contributed by atoms with van der Waals surface area (Å²) in [4.78, 5) is 27.0. The summed E-state index contributed by atoms with van der Waals surface area (Å²) in [6.07, 6.45) is 1.95. The first-order chi connectivity index (χ1) is 16.6. The van der Waals surface area contributed by atoms with E-state index in [1.807, 2.05) is 13.8 Å². The van der Waals surface area contributed by atoms with Crippen LogP contribution in [0.25, 0.3) is 0 Å². The minimum Gasteiger partial charge on any atom is -0.341 e. The zero-order valence-electron chi connectivity index (χ0n) is 20.1.